The summed E-state index contributed by atoms with van der Waals surface area (Å²) in [7, 11) is 0. The molecular weight excluding hydrogens is 389 g/mol. The third-order valence-corrected chi connectivity index (χ3v) is 4.19. The molecule has 0 spiro atoms. The maximum Gasteiger partial charge on any atom is 0.573 e. The SMILES string of the molecule is O=C(Cc1ccc(OC(F)(F)F)cc1)NCCOc1ccc2c(c1)CCC(=O)N2. The molecule has 29 heavy (non-hydrogen) atoms. The van der Waals surface area contributed by atoms with E-state index >= 15 is 0 Å². The molecule has 2 amide bonds. The molecule has 0 atom stereocenters. The van der Waals surface area contributed by atoms with E-state index in [1.54, 1.807) is 12.1 Å². The molecule has 2 aromatic rings. The summed E-state index contributed by atoms with van der Waals surface area (Å²) in [6, 6.07) is 10.5. The van der Waals surface area contributed by atoms with E-state index in [2.05, 4.69) is 15.4 Å². The van der Waals surface area contributed by atoms with Gasteiger partial charge in [-0.2, -0.15) is 0 Å². The van der Waals surface area contributed by atoms with E-state index in [1.807, 2.05) is 6.07 Å². The van der Waals surface area contributed by atoms with Gasteiger partial charge in [0.25, 0.3) is 0 Å². The number of halogens is 3. The van der Waals surface area contributed by atoms with Crippen molar-refractivity contribution in [3.8, 4) is 11.5 Å². The number of hydrogen-bond acceptors (Lipinski definition) is 4. The molecule has 0 unspecified atom stereocenters. The fraction of sp³-hybridized carbons (Fsp3) is 0.300. The summed E-state index contributed by atoms with van der Waals surface area (Å²) in [6.45, 7) is 0.539. The Labute approximate surface area is 165 Å². The number of ether oxygens (including phenoxy) is 2. The van der Waals surface area contributed by atoms with Crippen molar-refractivity contribution in [3.05, 3.63) is 53.6 Å². The monoisotopic (exact) mass is 408 g/mol. The topological polar surface area (TPSA) is 76.7 Å². The van der Waals surface area contributed by atoms with Gasteiger partial charge in [0.1, 0.15) is 18.1 Å². The summed E-state index contributed by atoms with van der Waals surface area (Å²) >= 11 is 0. The van der Waals surface area contributed by atoms with Gasteiger partial charge in [0, 0.05) is 12.1 Å². The Hall–Kier alpha value is -3.23. The highest BCUT2D eigenvalue weighted by molar-refractivity contribution is 5.94. The second-order valence-electron chi connectivity index (χ2n) is 6.43. The number of rotatable bonds is 7. The number of aryl methyl sites for hydroxylation is 1. The van der Waals surface area contributed by atoms with Crippen molar-refractivity contribution in [1.82, 2.24) is 5.32 Å². The van der Waals surface area contributed by atoms with Crippen molar-refractivity contribution >= 4 is 17.5 Å². The second-order valence-corrected chi connectivity index (χ2v) is 6.43. The molecule has 9 heteroatoms. The van der Waals surface area contributed by atoms with E-state index in [1.165, 1.54) is 12.1 Å². The number of nitrogens with one attached hydrogen (secondary N) is 2. The van der Waals surface area contributed by atoms with Gasteiger partial charge >= 0.3 is 6.36 Å². The van der Waals surface area contributed by atoms with Crippen molar-refractivity contribution in [1.29, 1.82) is 0 Å². The van der Waals surface area contributed by atoms with Crippen LogP contribution in [-0.4, -0.2) is 31.3 Å². The largest absolute Gasteiger partial charge is 0.573 e. The van der Waals surface area contributed by atoms with Gasteiger partial charge < -0.3 is 20.1 Å². The van der Waals surface area contributed by atoms with Crippen LogP contribution in [0.4, 0.5) is 18.9 Å². The molecule has 2 aromatic carbocycles. The molecule has 0 aromatic heterocycles. The molecule has 0 saturated carbocycles. The van der Waals surface area contributed by atoms with Gasteiger partial charge in [-0.15, -0.1) is 13.2 Å². The van der Waals surface area contributed by atoms with Gasteiger partial charge in [-0.25, -0.2) is 0 Å². The molecule has 2 N–H and O–H groups in total. The average molecular weight is 408 g/mol. The van der Waals surface area contributed by atoms with Crippen LogP contribution >= 0.6 is 0 Å². The summed E-state index contributed by atoms with van der Waals surface area (Å²) in [5.74, 6) is 0.0386. The summed E-state index contributed by atoms with van der Waals surface area (Å²) < 4.78 is 45.8. The predicted molar refractivity (Wildman–Crippen MR) is 98.7 cm³/mol. The molecule has 1 aliphatic rings. The highest BCUT2D eigenvalue weighted by Crippen LogP contribution is 2.26. The molecule has 3 rings (SSSR count). The van der Waals surface area contributed by atoms with Gasteiger partial charge in [0.15, 0.2) is 0 Å². The van der Waals surface area contributed by atoms with Crippen LogP contribution in [0.1, 0.15) is 17.5 Å². The smallest absolute Gasteiger partial charge is 0.492 e. The van der Waals surface area contributed by atoms with Crippen molar-refractivity contribution in [2.75, 3.05) is 18.5 Å². The predicted octanol–water partition coefficient (Wildman–Crippen LogP) is 3.21. The summed E-state index contributed by atoms with van der Waals surface area (Å²) in [5, 5.41) is 5.48. The van der Waals surface area contributed by atoms with Gasteiger partial charge in [0.05, 0.1) is 13.0 Å². The molecular formula is C20H19F3N2O4. The Morgan fingerprint density at radius 2 is 1.79 bits per heavy atom. The van der Waals surface area contributed by atoms with E-state index < -0.39 is 6.36 Å². The maximum absolute atomic E-state index is 12.1. The number of anilines is 1. The van der Waals surface area contributed by atoms with Crippen LogP contribution in [0.2, 0.25) is 0 Å². The van der Waals surface area contributed by atoms with Crippen LogP contribution < -0.4 is 20.1 Å². The minimum Gasteiger partial charge on any atom is -0.492 e. The first kappa shape index (κ1) is 20.5. The molecule has 154 valence electrons. The number of alkyl halides is 3. The second kappa shape index (κ2) is 8.85. The van der Waals surface area contributed by atoms with Crippen LogP contribution in [0.5, 0.6) is 11.5 Å². The van der Waals surface area contributed by atoms with E-state index in [-0.39, 0.29) is 37.1 Å². The zero-order valence-electron chi connectivity index (χ0n) is 15.3. The zero-order chi connectivity index (χ0) is 20.9. The highest BCUT2D eigenvalue weighted by atomic mass is 19.4. The van der Waals surface area contributed by atoms with Crippen LogP contribution in [0.15, 0.2) is 42.5 Å². The number of fused-ring (bicyclic) bond motifs is 1. The maximum atomic E-state index is 12.1. The standard InChI is InChI=1S/C20H19F3N2O4/c21-20(22,23)29-15-4-1-13(2-5-15)11-19(27)24-9-10-28-16-6-7-17-14(12-16)3-8-18(26)25-17/h1-2,4-7,12H,3,8-11H2,(H,24,27)(H,25,26). The Kier molecular flexibility index (Phi) is 6.26. The molecule has 0 saturated heterocycles. The molecule has 1 aliphatic heterocycles. The lowest BCUT2D eigenvalue weighted by molar-refractivity contribution is -0.274. The Morgan fingerprint density at radius 1 is 1.07 bits per heavy atom. The third kappa shape index (κ3) is 6.41. The van der Waals surface area contributed by atoms with E-state index in [4.69, 9.17) is 4.74 Å². The minimum atomic E-state index is -4.75. The number of carbonyl (C=O) groups is 2. The Morgan fingerprint density at radius 3 is 2.52 bits per heavy atom. The molecule has 1 heterocycles. The molecule has 0 aliphatic carbocycles. The summed E-state index contributed by atoms with van der Waals surface area (Å²) in [5.41, 5.74) is 2.35. The number of benzene rings is 2. The van der Waals surface area contributed by atoms with Gasteiger partial charge in [-0.1, -0.05) is 12.1 Å². The lowest BCUT2D eigenvalue weighted by atomic mass is 10.0. The average Bonchev–Trinajstić information content (AvgIpc) is 2.66. The summed E-state index contributed by atoms with van der Waals surface area (Å²) in [4.78, 5) is 23.3. The quantitative estimate of drug-likeness (QED) is 0.690. The molecule has 0 bridgehead atoms. The molecule has 0 fully saturated rings. The Bertz CT molecular complexity index is 882. The highest BCUT2D eigenvalue weighted by Gasteiger charge is 2.30. The lowest BCUT2D eigenvalue weighted by Crippen LogP contribution is -2.29. The van der Waals surface area contributed by atoms with Crippen LogP contribution in [0.3, 0.4) is 0 Å². The van der Waals surface area contributed by atoms with Crippen LogP contribution in [0.25, 0.3) is 0 Å². The fourth-order valence-corrected chi connectivity index (χ4v) is 2.87. The Balaban J connectivity index is 1.39. The minimum absolute atomic E-state index is 0.00333. The lowest BCUT2D eigenvalue weighted by Gasteiger charge is -2.17. The molecule has 6 nitrogen and oxygen atoms in total. The van der Waals surface area contributed by atoms with E-state index in [9.17, 15) is 22.8 Å². The molecule has 0 radical (unpaired) electrons. The zero-order valence-corrected chi connectivity index (χ0v) is 15.3. The van der Waals surface area contributed by atoms with Crippen molar-refractivity contribution in [2.45, 2.75) is 25.6 Å². The third-order valence-electron chi connectivity index (χ3n) is 4.19. The van der Waals surface area contributed by atoms with Crippen molar-refractivity contribution in [3.63, 3.8) is 0 Å². The number of carbonyl (C=O) groups excluding carboxylic acids is 2. The first-order chi connectivity index (χ1) is 13.8. The van der Waals surface area contributed by atoms with Crippen LogP contribution in [-0.2, 0) is 22.4 Å². The first-order valence-electron chi connectivity index (χ1n) is 8.95. The fourth-order valence-electron chi connectivity index (χ4n) is 2.87. The van der Waals surface area contributed by atoms with Crippen LogP contribution in [0, 0.1) is 0 Å². The van der Waals surface area contributed by atoms with Crippen molar-refractivity contribution < 1.29 is 32.2 Å². The number of amides is 2. The first-order valence-corrected chi connectivity index (χ1v) is 8.95. The van der Waals surface area contributed by atoms with Gasteiger partial charge in [0.2, 0.25) is 11.8 Å². The van der Waals surface area contributed by atoms with Gasteiger partial charge in [-0.05, 0) is 47.9 Å². The van der Waals surface area contributed by atoms with Crippen molar-refractivity contribution in [2.24, 2.45) is 0 Å². The van der Waals surface area contributed by atoms with E-state index in [0.717, 1.165) is 23.4 Å². The summed E-state index contributed by atoms with van der Waals surface area (Å²) in [6.07, 6.45) is -3.62. The van der Waals surface area contributed by atoms with Gasteiger partial charge in [-0.3, -0.25) is 9.59 Å². The number of hydrogen-bond donors (Lipinski definition) is 2. The normalized spacial score (nSPS) is 13.3. The van der Waals surface area contributed by atoms with E-state index in [0.29, 0.717) is 24.2 Å².